The lowest BCUT2D eigenvalue weighted by molar-refractivity contribution is 0.211. The molecular formula is C13H33N. The predicted octanol–water partition coefficient (Wildman–Crippen LogP) is 4.43. The van der Waals surface area contributed by atoms with Crippen LogP contribution in [0.25, 0.3) is 0 Å². The molecule has 0 aromatic carbocycles. The summed E-state index contributed by atoms with van der Waals surface area (Å²) in [5.41, 5.74) is 0.491. The zero-order valence-corrected chi connectivity index (χ0v) is 12.1. The molecule has 0 aliphatic carbocycles. The molecule has 1 nitrogen and oxygen atoms in total. The average Bonchev–Trinajstić information content (AvgIpc) is 2.23. The van der Waals surface area contributed by atoms with Crippen LogP contribution in [0.2, 0.25) is 0 Å². The summed E-state index contributed by atoms with van der Waals surface area (Å²) >= 11 is 0. The van der Waals surface area contributed by atoms with Crippen molar-refractivity contribution in [3.63, 3.8) is 0 Å². The van der Waals surface area contributed by atoms with Gasteiger partial charge in [-0.15, -0.1) is 0 Å². The van der Waals surface area contributed by atoms with E-state index >= 15 is 0 Å². The van der Waals surface area contributed by atoms with Crippen LogP contribution in [0.1, 0.15) is 61.8 Å². The molecule has 0 saturated carbocycles. The van der Waals surface area contributed by atoms with E-state index in [2.05, 4.69) is 39.6 Å². The normalized spacial score (nSPS) is 9.86. The minimum absolute atomic E-state index is 0.491. The van der Waals surface area contributed by atoms with Crippen molar-refractivity contribution in [2.24, 2.45) is 5.41 Å². The molecule has 0 spiro atoms. The highest BCUT2D eigenvalue weighted by atomic mass is 15.1. The lowest BCUT2D eigenvalue weighted by Gasteiger charge is -2.28. The van der Waals surface area contributed by atoms with Crippen molar-refractivity contribution in [2.45, 2.75) is 61.8 Å². The van der Waals surface area contributed by atoms with Gasteiger partial charge >= 0.3 is 0 Å². The van der Waals surface area contributed by atoms with E-state index in [1.807, 2.05) is 27.7 Å². The third kappa shape index (κ3) is 14.5. The Balaban J connectivity index is -0.000000266. The average molecular weight is 203 g/mol. The molecule has 0 rings (SSSR count). The summed E-state index contributed by atoms with van der Waals surface area (Å²) in [6.45, 7) is 19.5. The molecule has 0 radical (unpaired) electrons. The van der Waals surface area contributed by atoms with Gasteiger partial charge in [0.25, 0.3) is 0 Å². The molecule has 0 aromatic rings. The summed E-state index contributed by atoms with van der Waals surface area (Å²) in [5.74, 6) is 0. The van der Waals surface area contributed by atoms with Crippen LogP contribution in [-0.2, 0) is 0 Å². The Kier molecular flexibility index (Phi) is 18.1. The minimum atomic E-state index is 0.491. The van der Waals surface area contributed by atoms with E-state index in [9.17, 15) is 0 Å². The van der Waals surface area contributed by atoms with Gasteiger partial charge in [-0.25, -0.2) is 0 Å². The zero-order chi connectivity index (χ0) is 12.2. The van der Waals surface area contributed by atoms with Crippen molar-refractivity contribution in [1.29, 1.82) is 0 Å². The smallest absolute Gasteiger partial charge is 0.00294 e. The number of nitrogens with zero attached hydrogens (tertiary/aromatic N) is 1. The number of hydrogen-bond donors (Lipinski definition) is 0. The Morgan fingerprint density at radius 2 is 1.29 bits per heavy atom. The standard InChI is InChI=1S/C9H21N.2C2H6/c1-6-9(3,4)8-10(5)7-2;2*1-2/h6-8H2,1-5H3;2*1-2H3. The second kappa shape index (κ2) is 13.0. The molecule has 0 aromatic heterocycles. The van der Waals surface area contributed by atoms with Crippen molar-refractivity contribution in [3.8, 4) is 0 Å². The predicted molar refractivity (Wildman–Crippen MR) is 69.9 cm³/mol. The van der Waals surface area contributed by atoms with Gasteiger partial charge in [-0.1, -0.05) is 55.4 Å². The van der Waals surface area contributed by atoms with Crippen LogP contribution < -0.4 is 0 Å². The van der Waals surface area contributed by atoms with Gasteiger partial charge in [0.15, 0.2) is 0 Å². The first-order valence-corrected chi connectivity index (χ1v) is 6.20. The largest absolute Gasteiger partial charge is 0.306 e. The topological polar surface area (TPSA) is 3.24 Å². The summed E-state index contributed by atoms with van der Waals surface area (Å²) < 4.78 is 0. The Morgan fingerprint density at radius 3 is 1.50 bits per heavy atom. The van der Waals surface area contributed by atoms with Crippen molar-refractivity contribution in [3.05, 3.63) is 0 Å². The summed E-state index contributed by atoms with van der Waals surface area (Å²) in [5, 5.41) is 0. The maximum absolute atomic E-state index is 2.36. The summed E-state index contributed by atoms with van der Waals surface area (Å²) in [4.78, 5) is 2.36. The fourth-order valence-electron chi connectivity index (χ4n) is 0.954. The fourth-order valence-corrected chi connectivity index (χ4v) is 0.954. The highest BCUT2D eigenvalue weighted by Crippen LogP contribution is 2.19. The molecule has 1 heteroatoms. The maximum atomic E-state index is 2.36. The summed E-state index contributed by atoms with van der Waals surface area (Å²) in [7, 11) is 2.18. The van der Waals surface area contributed by atoms with E-state index in [1.165, 1.54) is 13.0 Å². The second-order valence-corrected chi connectivity index (χ2v) is 3.85. The van der Waals surface area contributed by atoms with Crippen molar-refractivity contribution in [1.82, 2.24) is 4.90 Å². The van der Waals surface area contributed by atoms with Crippen LogP contribution in [-0.4, -0.2) is 25.0 Å². The molecule has 0 aliphatic rings. The second-order valence-electron chi connectivity index (χ2n) is 3.85. The Morgan fingerprint density at radius 1 is 0.929 bits per heavy atom. The van der Waals surface area contributed by atoms with Gasteiger partial charge in [-0.3, -0.25) is 0 Å². The van der Waals surface area contributed by atoms with Gasteiger partial charge in [0.2, 0.25) is 0 Å². The SMILES string of the molecule is CC.CC.CCN(C)CC(C)(C)CC. The fraction of sp³-hybridized carbons (Fsp3) is 1.00. The van der Waals surface area contributed by atoms with Crippen LogP contribution in [0.3, 0.4) is 0 Å². The molecule has 90 valence electrons. The summed E-state index contributed by atoms with van der Waals surface area (Å²) in [6, 6.07) is 0. The van der Waals surface area contributed by atoms with Crippen LogP contribution in [0.15, 0.2) is 0 Å². The minimum Gasteiger partial charge on any atom is -0.306 e. The lowest BCUT2D eigenvalue weighted by Crippen LogP contribution is -2.30. The Hall–Kier alpha value is -0.0400. The lowest BCUT2D eigenvalue weighted by atomic mass is 9.90. The van der Waals surface area contributed by atoms with Gasteiger partial charge in [-0.05, 0) is 25.4 Å². The molecule has 0 N–H and O–H groups in total. The van der Waals surface area contributed by atoms with Crippen molar-refractivity contribution >= 4 is 0 Å². The zero-order valence-electron chi connectivity index (χ0n) is 12.1. The van der Waals surface area contributed by atoms with Gasteiger partial charge < -0.3 is 4.90 Å². The maximum Gasteiger partial charge on any atom is 0.00294 e. The molecule has 14 heavy (non-hydrogen) atoms. The van der Waals surface area contributed by atoms with E-state index in [4.69, 9.17) is 0 Å². The highest BCUT2D eigenvalue weighted by molar-refractivity contribution is 4.69. The van der Waals surface area contributed by atoms with Gasteiger partial charge in [0.1, 0.15) is 0 Å². The van der Waals surface area contributed by atoms with E-state index in [0.29, 0.717) is 5.41 Å². The molecule has 0 unspecified atom stereocenters. The summed E-state index contributed by atoms with van der Waals surface area (Å²) in [6.07, 6.45) is 1.26. The monoisotopic (exact) mass is 203 g/mol. The molecule has 0 bridgehead atoms. The van der Waals surface area contributed by atoms with Crippen molar-refractivity contribution < 1.29 is 0 Å². The Labute approximate surface area is 92.9 Å². The first kappa shape index (κ1) is 19.5. The van der Waals surface area contributed by atoms with Crippen LogP contribution in [0, 0.1) is 5.41 Å². The van der Waals surface area contributed by atoms with Gasteiger partial charge in [0.05, 0.1) is 0 Å². The first-order chi connectivity index (χ1) is 6.52. The van der Waals surface area contributed by atoms with Crippen LogP contribution >= 0.6 is 0 Å². The molecule has 0 amide bonds. The van der Waals surface area contributed by atoms with Crippen LogP contribution in [0.5, 0.6) is 0 Å². The van der Waals surface area contributed by atoms with Gasteiger partial charge in [-0.2, -0.15) is 0 Å². The molecular weight excluding hydrogens is 170 g/mol. The molecule has 0 heterocycles. The van der Waals surface area contributed by atoms with E-state index in [-0.39, 0.29) is 0 Å². The number of rotatable bonds is 4. The third-order valence-electron chi connectivity index (χ3n) is 2.19. The van der Waals surface area contributed by atoms with Crippen molar-refractivity contribution in [2.75, 3.05) is 20.1 Å². The van der Waals surface area contributed by atoms with E-state index in [1.54, 1.807) is 0 Å². The van der Waals surface area contributed by atoms with Crippen LogP contribution in [0.4, 0.5) is 0 Å². The van der Waals surface area contributed by atoms with Gasteiger partial charge in [0, 0.05) is 6.54 Å². The third-order valence-corrected chi connectivity index (χ3v) is 2.19. The molecule has 0 atom stereocenters. The molecule has 0 fully saturated rings. The van der Waals surface area contributed by atoms with E-state index < -0.39 is 0 Å². The quantitative estimate of drug-likeness (QED) is 0.653. The number of hydrogen-bond acceptors (Lipinski definition) is 1. The molecule has 0 aliphatic heterocycles. The first-order valence-electron chi connectivity index (χ1n) is 6.20. The molecule has 0 saturated heterocycles. The Bertz CT molecular complexity index is 87.2. The van der Waals surface area contributed by atoms with E-state index in [0.717, 1.165) is 6.54 Å². The highest BCUT2D eigenvalue weighted by Gasteiger charge is 2.16.